The highest BCUT2D eigenvalue weighted by atomic mass is 16.5. The molecule has 3 nitrogen and oxygen atoms in total. The zero-order chi connectivity index (χ0) is 22.9. The first kappa shape index (κ1) is 22.5. The van der Waals surface area contributed by atoms with Crippen LogP contribution in [-0.2, 0) is 13.2 Å². The lowest BCUT2D eigenvalue weighted by atomic mass is 9.94. The fourth-order valence-corrected chi connectivity index (χ4v) is 3.83. The molecule has 4 aromatic rings. The topological polar surface area (TPSA) is 47.3 Å². The third-order valence-electron chi connectivity index (χ3n) is 5.77. The highest BCUT2D eigenvalue weighted by Gasteiger charge is 2.20. The highest BCUT2D eigenvalue weighted by molar-refractivity contribution is 5.47. The molecule has 2 atom stereocenters. The molecule has 0 unspecified atom stereocenters. The van der Waals surface area contributed by atoms with Crippen LogP contribution in [0.4, 0.5) is 0 Å². The van der Waals surface area contributed by atoms with E-state index in [-0.39, 0.29) is 12.1 Å². The Kier molecular flexibility index (Phi) is 7.70. The Morgan fingerprint density at radius 3 is 1.91 bits per heavy atom. The summed E-state index contributed by atoms with van der Waals surface area (Å²) < 4.78 is 5.95. The van der Waals surface area contributed by atoms with Crippen molar-refractivity contribution < 1.29 is 4.74 Å². The van der Waals surface area contributed by atoms with Gasteiger partial charge in [0.2, 0.25) is 0 Å². The summed E-state index contributed by atoms with van der Waals surface area (Å²) in [7, 11) is 0. The number of benzene rings is 4. The number of hydrogen-bond acceptors (Lipinski definition) is 3. The van der Waals surface area contributed by atoms with Gasteiger partial charge in [0, 0.05) is 12.6 Å². The molecular formula is C30H30N2O. The molecule has 3 N–H and O–H groups in total. The summed E-state index contributed by atoms with van der Waals surface area (Å²) >= 11 is 0. The maximum atomic E-state index is 6.68. The molecule has 0 fully saturated rings. The third kappa shape index (κ3) is 6.19. The van der Waals surface area contributed by atoms with Crippen LogP contribution in [-0.4, -0.2) is 0 Å². The minimum Gasteiger partial charge on any atom is -0.489 e. The van der Waals surface area contributed by atoms with E-state index in [4.69, 9.17) is 10.5 Å². The molecule has 0 aliphatic carbocycles. The quantitative estimate of drug-likeness (QED) is 0.302. The molecule has 0 aliphatic heterocycles. The molecule has 0 bridgehead atoms. The first-order valence-corrected chi connectivity index (χ1v) is 11.2. The average molecular weight is 435 g/mol. The molecule has 166 valence electrons. The van der Waals surface area contributed by atoms with Crippen molar-refractivity contribution in [3.8, 4) is 5.75 Å². The van der Waals surface area contributed by atoms with Gasteiger partial charge in [0.15, 0.2) is 0 Å². The fraction of sp³-hybridized carbons (Fsp3) is 0.133. The molecule has 0 heterocycles. The van der Waals surface area contributed by atoms with Gasteiger partial charge in [-0.25, -0.2) is 0 Å². The van der Waals surface area contributed by atoms with Gasteiger partial charge in [-0.15, -0.1) is 0 Å². The molecule has 0 spiro atoms. The molecule has 4 rings (SSSR count). The molecule has 4 aromatic carbocycles. The van der Waals surface area contributed by atoms with Crippen LogP contribution in [0.2, 0.25) is 0 Å². The number of hydrogen-bond donors (Lipinski definition) is 2. The number of ether oxygens (including phenoxy) is 1. The normalized spacial score (nSPS) is 12.6. The fourth-order valence-electron chi connectivity index (χ4n) is 3.83. The number of rotatable bonds is 10. The lowest BCUT2D eigenvalue weighted by molar-refractivity contribution is 0.306. The maximum Gasteiger partial charge on any atom is 0.119 e. The molecule has 3 heteroatoms. The zero-order valence-corrected chi connectivity index (χ0v) is 18.7. The summed E-state index contributed by atoms with van der Waals surface area (Å²) in [4.78, 5) is 0. The summed E-state index contributed by atoms with van der Waals surface area (Å²) in [5.74, 6) is 0.854. The Morgan fingerprint density at radius 1 is 0.727 bits per heavy atom. The second-order valence-corrected chi connectivity index (χ2v) is 8.08. The minimum atomic E-state index is -0.149. The zero-order valence-electron chi connectivity index (χ0n) is 18.7. The Balaban J connectivity index is 1.38. The van der Waals surface area contributed by atoms with Crippen LogP contribution in [0.3, 0.4) is 0 Å². The van der Waals surface area contributed by atoms with E-state index >= 15 is 0 Å². The summed E-state index contributed by atoms with van der Waals surface area (Å²) in [6.07, 6.45) is 1.84. The van der Waals surface area contributed by atoms with Gasteiger partial charge >= 0.3 is 0 Å². The van der Waals surface area contributed by atoms with E-state index in [0.29, 0.717) is 13.2 Å². The Morgan fingerprint density at radius 2 is 1.30 bits per heavy atom. The van der Waals surface area contributed by atoms with E-state index in [9.17, 15) is 0 Å². The van der Waals surface area contributed by atoms with Crippen LogP contribution in [0, 0.1) is 0 Å². The van der Waals surface area contributed by atoms with Crippen LogP contribution in [0.5, 0.6) is 5.75 Å². The van der Waals surface area contributed by atoms with Crippen molar-refractivity contribution in [1.29, 1.82) is 0 Å². The summed E-state index contributed by atoms with van der Waals surface area (Å²) in [5, 5.41) is 3.66. The first-order chi connectivity index (χ1) is 16.2. The van der Waals surface area contributed by atoms with Gasteiger partial charge in [-0.05, 0) is 39.9 Å². The van der Waals surface area contributed by atoms with Gasteiger partial charge < -0.3 is 15.8 Å². The van der Waals surface area contributed by atoms with E-state index in [1.807, 2.05) is 54.6 Å². The smallest absolute Gasteiger partial charge is 0.119 e. The Bertz CT molecular complexity index is 1120. The Hall–Kier alpha value is -3.66. The maximum absolute atomic E-state index is 6.68. The van der Waals surface area contributed by atoms with Crippen molar-refractivity contribution in [3.05, 3.63) is 144 Å². The van der Waals surface area contributed by atoms with E-state index in [1.54, 1.807) is 0 Å². The van der Waals surface area contributed by atoms with Gasteiger partial charge in [-0.2, -0.15) is 0 Å². The first-order valence-electron chi connectivity index (χ1n) is 11.2. The monoisotopic (exact) mass is 434 g/mol. The van der Waals surface area contributed by atoms with Crippen molar-refractivity contribution in [2.45, 2.75) is 25.2 Å². The van der Waals surface area contributed by atoms with Crippen LogP contribution in [0.25, 0.3) is 6.08 Å². The molecule has 33 heavy (non-hydrogen) atoms. The third-order valence-corrected chi connectivity index (χ3v) is 5.77. The second kappa shape index (κ2) is 11.3. The minimum absolute atomic E-state index is 0.00284. The van der Waals surface area contributed by atoms with E-state index in [2.05, 4.69) is 72.6 Å². The molecule has 0 aromatic heterocycles. The van der Waals surface area contributed by atoms with Crippen molar-refractivity contribution in [1.82, 2.24) is 5.32 Å². The standard InChI is InChI=1S/C30H30N2O/c1-2-23-13-15-25(16-14-23)22-33-28-19-17-24(18-20-28)21-32-30(27-11-7-4-8-12-27)29(31)26-9-5-3-6-10-26/h2-20,29-30,32H,1,21-22,31H2/t29-,30-/m0/s1. The molecule has 0 aliphatic rings. The lowest BCUT2D eigenvalue weighted by Gasteiger charge is -2.26. The van der Waals surface area contributed by atoms with Gasteiger partial charge in [-0.1, -0.05) is 110 Å². The number of nitrogens with two attached hydrogens (primary N) is 1. The van der Waals surface area contributed by atoms with Gasteiger partial charge in [0.1, 0.15) is 12.4 Å². The molecule has 0 radical (unpaired) electrons. The molecule has 0 saturated heterocycles. The summed E-state index contributed by atoms with van der Waals surface area (Å²) in [6.45, 7) is 5.04. The van der Waals surface area contributed by atoms with E-state index < -0.39 is 0 Å². The second-order valence-electron chi connectivity index (χ2n) is 8.08. The molecule has 0 amide bonds. The molecular weight excluding hydrogens is 404 g/mol. The van der Waals surface area contributed by atoms with Crippen LogP contribution in [0.15, 0.2) is 116 Å². The largest absolute Gasteiger partial charge is 0.489 e. The molecule has 0 saturated carbocycles. The van der Waals surface area contributed by atoms with Gasteiger partial charge in [-0.3, -0.25) is 0 Å². The van der Waals surface area contributed by atoms with Gasteiger partial charge in [0.05, 0.1) is 6.04 Å². The average Bonchev–Trinajstić information content (AvgIpc) is 2.89. The van der Waals surface area contributed by atoms with Gasteiger partial charge in [0.25, 0.3) is 0 Å². The van der Waals surface area contributed by atoms with Crippen molar-refractivity contribution in [3.63, 3.8) is 0 Å². The lowest BCUT2D eigenvalue weighted by Crippen LogP contribution is -2.31. The highest BCUT2D eigenvalue weighted by Crippen LogP contribution is 2.27. The number of nitrogens with one attached hydrogen (secondary N) is 1. The van der Waals surface area contributed by atoms with Crippen LogP contribution in [0.1, 0.15) is 39.9 Å². The van der Waals surface area contributed by atoms with Crippen LogP contribution < -0.4 is 15.8 Å². The predicted octanol–water partition coefficient (Wildman–Crippen LogP) is 6.44. The van der Waals surface area contributed by atoms with Crippen molar-refractivity contribution >= 4 is 6.08 Å². The van der Waals surface area contributed by atoms with E-state index in [1.165, 1.54) is 11.1 Å². The predicted molar refractivity (Wildman–Crippen MR) is 137 cm³/mol. The van der Waals surface area contributed by atoms with Crippen LogP contribution >= 0.6 is 0 Å². The SMILES string of the molecule is C=Cc1ccc(COc2ccc(CN[C@@H](c3ccccc3)[C@@H](N)c3ccccc3)cc2)cc1. The van der Waals surface area contributed by atoms with Crippen molar-refractivity contribution in [2.24, 2.45) is 5.73 Å². The summed E-state index contributed by atoms with van der Waals surface area (Å²) in [5.41, 5.74) is 12.4. The Labute approximate surface area is 196 Å². The summed E-state index contributed by atoms with van der Waals surface area (Å²) in [6, 6.07) is 36.9. The van der Waals surface area contributed by atoms with E-state index in [0.717, 1.165) is 22.4 Å². The van der Waals surface area contributed by atoms with Crippen molar-refractivity contribution in [2.75, 3.05) is 0 Å².